The Hall–Kier alpha value is -2.01. The molecule has 1 unspecified atom stereocenters. The number of carbonyl (C=O) groups excluding carboxylic acids is 2. The van der Waals surface area contributed by atoms with Crippen molar-refractivity contribution in [3.8, 4) is 0 Å². The zero-order valence-corrected chi connectivity index (χ0v) is 19.6. The molecule has 31 heavy (non-hydrogen) atoms. The number of ketones is 2. The first kappa shape index (κ1) is 25.3. The molecule has 0 aliphatic carbocycles. The molecule has 0 spiro atoms. The molecule has 0 heterocycles. The van der Waals surface area contributed by atoms with Gasteiger partial charge in [0.15, 0.2) is 0 Å². The first-order valence-electron chi connectivity index (χ1n) is 11.0. The van der Waals surface area contributed by atoms with Gasteiger partial charge in [0.1, 0.15) is 11.6 Å². The summed E-state index contributed by atoms with van der Waals surface area (Å²) in [5, 5.41) is 0.648. The van der Waals surface area contributed by atoms with Gasteiger partial charge < -0.3 is 11.5 Å². The van der Waals surface area contributed by atoms with E-state index in [0.29, 0.717) is 31.0 Å². The molecule has 0 saturated heterocycles. The van der Waals surface area contributed by atoms with Crippen LogP contribution in [0, 0.1) is 11.8 Å². The van der Waals surface area contributed by atoms with Crippen LogP contribution < -0.4 is 11.5 Å². The molecule has 2 aromatic rings. The number of Topliss-reactive ketones (excluding diaryl/α,β-unsaturated/α-hetero) is 2. The van der Waals surface area contributed by atoms with Gasteiger partial charge in [-0.1, -0.05) is 68.8 Å². The topological polar surface area (TPSA) is 86.2 Å². The highest BCUT2D eigenvalue weighted by atomic mass is 35.5. The van der Waals surface area contributed by atoms with Crippen molar-refractivity contribution in [3.63, 3.8) is 0 Å². The van der Waals surface area contributed by atoms with Crippen molar-refractivity contribution in [2.75, 3.05) is 13.1 Å². The molecular weight excluding hydrogens is 408 g/mol. The lowest BCUT2D eigenvalue weighted by molar-refractivity contribution is -0.123. The second-order valence-corrected chi connectivity index (χ2v) is 9.19. The molecule has 0 saturated carbocycles. The van der Waals surface area contributed by atoms with E-state index in [2.05, 4.69) is 6.07 Å². The maximum absolute atomic E-state index is 13.0. The van der Waals surface area contributed by atoms with Crippen molar-refractivity contribution < 1.29 is 9.59 Å². The zero-order chi connectivity index (χ0) is 23.0. The fourth-order valence-corrected chi connectivity index (χ4v) is 3.98. The van der Waals surface area contributed by atoms with Crippen molar-refractivity contribution in [2.24, 2.45) is 23.3 Å². The molecule has 5 heteroatoms. The quantitative estimate of drug-likeness (QED) is 0.490. The molecule has 0 aliphatic heterocycles. The lowest BCUT2D eigenvalue weighted by Gasteiger charge is -2.19. The normalized spacial score (nSPS) is 14.3. The van der Waals surface area contributed by atoms with E-state index in [4.69, 9.17) is 23.1 Å². The van der Waals surface area contributed by atoms with Gasteiger partial charge >= 0.3 is 0 Å². The average molecular weight is 443 g/mol. The SMILES string of the molecule is CC(C)C(=O)C[C@H](CN)Cc1cccc(C(C)C(=O)C[C@@H](CN)c2cccc(Cl)c2)c1. The van der Waals surface area contributed by atoms with Crippen LogP contribution in [0.15, 0.2) is 48.5 Å². The minimum absolute atomic E-state index is 0.0213. The predicted octanol–water partition coefficient (Wildman–Crippen LogP) is 4.88. The van der Waals surface area contributed by atoms with Crippen molar-refractivity contribution in [1.29, 1.82) is 0 Å². The van der Waals surface area contributed by atoms with E-state index in [1.807, 2.05) is 63.2 Å². The number of halogens is 1. The predicted molar refractivity (Wildman–Crippen MR) is 128 cm³/mol. The van der Waals surface area contributed by atoms with Gasteiger partial charge in [-0.15, -0.1) is 0 Å². The van der Waals surface area contributed by atoms with E-state index in [1.165, 1.54) is 0 Å². The molecule has 168 valence electrons. The maximum atomic E-state index is 13.0. The fraction of sp³-hybridized carbons (Fsp3) is 0.462. The number of benzene rings is 2. The van der Waals surface area contributed by atoms with Crippen molar-refractivity contribution in [1.82, 2.24) is 0 Å². The van der Waals surface area contributed by atoms with Crippen molar-refractivity contribution in [2.45, 2.75) is 51.9 Å². The number of carbonyl (C=O) groups is 2. The first-order valence-corrected chi connectivity index (χ1v) is 11.4. The summed E-state index contributed by atoms with van der Waals surface area (Å²) in [6, 6.07) is 15.6. The first-order chi connectivity index (χ1) is 14.7. The van der Waals surface area contributed by atoms with Crippen molar-refractivity contribution in [3.05, 3.63) is 70.2 Å². The molecule has 3 atom stereocenters. The summed E-state index contributed by atoms with van der Waals surface area (Å²) in [5.74, 6) is 0.234. The zero-order valence-electron chi connectivity index (χ0n) is 18.8. The Labute approximate surface area is 191 Å². The minimum Gasteiger partial charge on any atom is -0.330 e. The number of nitrogens with two attached hydrogens (primary N) is 2. The van der Waals surface area contributed by atoms with Crippen LogP contribution in [-0.2, 0) is 16.0 Å². The molecule has 0 radical (unpaired) electrons. The van der Waals surface area contributed by atoms with Gasteiger partial charge in [0.2, 0.25) is 0 Å². The Balaban J connectivity index is 2.08. The third-order valence-corrected chi connectivity index (χ3v) is 6.21. The minimum atomic E-state index is -0.234. The molecule has 0 fully saturated rings. The number of hydrogen-bond acceptors (Lipinski definition) is 4. The highest BCUT2D eigenvalue weighted by Crippen LogP contribution is 2.27. The van der Waals surface area contributed by atoms with Crippen molar-refractivity contribution >= 4 is 23.2 Å². The molecule has 0 aromatic heterocycles. The highest BCUT2D eigenvalue weighted by molar-refractivity contribution is 6.30. The summed E-state index contributed by atoms with van der Waals surface area (Å²) in [7, 11) is 0. The molecule has 0 aliphatic rings. The van der Waals surface area contributed by atoms with Crippen LogP contribution in [0.2, 0.25) is 5.02 Å². The second kappa shape index (κ2) is 12.1. The van der Waals surface area contributed by atoms with Gasteiger partial charge in [-0.2, -0.15) is 0 Å². The molecule has 4 nitrogen and oxygen atoms in total. The van der Waals surface area contributed by atoms with E-state index in [-0.39, 0.29) is 35.2 Å². The fourth-order valence-electron chi connectivity index (χ4n) is 3.79. The summed E-state index contributed by atoms with van der Waals surface area (Å²) in [4.78, 5) is 25.1. The summed E-state index contributed by atoms with van der Waals surface area (Å²) >= 11 is 6.10. The molecule has 2 aromatic carbocycles. The highest BCUT2D eigenvalue weighted by Gasteiger charge is 2.22. The Kier molecular flexibility index (Phi) is 9.89. The van der Waals surface area contributed by atoms with Crippen LogP contribution in [-0.4, -0.2) is 24.7 Å². The lowest BCUT2D eigenvalue weighted by Crippen LogP contribution is -2.22. The summed E-state index contributed by atoms with van der Waals surface area (Å²) in [5.41, 5.74) is 15.0. The van der Waals surface area contributed by atoms with Crippen LogP contribution in [0.3, 0.4) is 0 Å². The third kappa shape index (κ3) is 7.57. The van der Waals surface area contributed by atoms with Gasteiger partial charge in [-0.3, -0.25) is 9.59 Å². The lowest BCUT2D eigenvalue weighted by atomic mass is 9.85. The van der Waals surface area contributed by atoms with Crippen LogP contribution in [0.1, 0.15) is 62.1 Å². The van der Waals surface area contributed by atoms with E-state index >= 15 is 0 Å². The largest absolute Gasteiger partial charge is 0.330 e. The number of hydrogen-bond donors (Lipinski definition) is 2. The average Bonchev–Trinajstić information content (AvgIpc) is 2.76. The Morgan fingerprint density at radius 2 is 1.55 bits per heavy atom. The van der Waals surface area contributed by atoms with Crippen LogP contribution in [0.5, 0.6) is 0 Å². The second-order valence-electron chi connectivity index (χ2n) is 8.76. The van der Waals surface area contributed by atoms with E-state index in [1.54, 1.807) is 0 Å². The van der Waals surface area contributed by atoms with Crippen LogP contribution in [0.25, 0.3) is 0 Å². The van der Waals surface area contributed by atoms with Gasteiger partial charge in [-0.05, 0) is 54.3 Å². The van der Waals surface area contributed by atoms with Gasteiger partial charge in [-0.25, -0.2) is 0 Å². The van der Waals surface area contributed by atoms with Crippen LogP contribution in [0.4, 0.5) is 0 Å². The Morgan fingerprint density at radius 3 is 2.16 bits per heavy atom. The molecular formula is C26H35ClN2O2. The molecule has 2 rings (SSSR count). The molecule has 0 amide bonds. The standard InChI is InChI=1S/C26H35ClN2O2/c1-17(2)25(30)12-20(15-28)10-19-6-4-7-21(11-19)18(3)26(31)14-23(16-29)22-8-5-9-24(27)13-22/h4-9,11,13,17-18,20,23H,10,12,14-16,28-29H2,1-3H3/t18?,20-,23+/m1/s1. The van der Waals surface area contributed by atoms with E-state index in [9.17, 15) is 9.59 Å². The van der Waals surface area contributed by atoms with Gasteiger partial charge in [0.05, 0.1) is 0 Å². The monoisotopic (exact) mass is 442 g/mol. The van der Waals surface area contributed by atoms with Gasteiger partial charge in [0.25, 0.3) is 0 Å². The van der Waals surface area contributed by atoms with Gasteiger partial charge in [0, 0.05) is 35.6 Å². The number of rotatable bonds is 12. The smallest absolute Gasteiger partial charge is 0.140 e. The summed E-state index contributed by atoms with van der Waals surface area (Å²) in [6.07, 6.45) is 1.60. The summed E-state index contributed by atoms with van der Waals surface area (Å²) in [6.45, 7) is 6.63. The summed E-state index contributed by atoms with van der Waals surface area (Å²) < 4.78 is 0. The molecule has 0 bridgehead atoms. The van der Waals surface area contributed by atoms with E-state index in [0.717, 1.165) is 23.1 Å². The maximum Gasteiger partial charge on any atom is 0.140 e. The Bertz CT molecular complexity index is 881. The molecule has 4 N–H and O–H groups in total. The van der Waals surface area contributed by atoms with E-state index < -0.39 is 0 Å². The van der Waals surface area contributed by atoms with Crippen LogP contribution >= 0.6 is 11.6 Å². The third-order valence-electron chi connectivity index (χ3n) is 5.98. The Morgan fingerprint density at radius 1 is 0.871 bits per heavy atom.